The Morgan fingerprint density at radius 2 is 2.12 bits per heavy atom. The number of rotatable bonds is 4. The second-order valence-corrected chi connectivity index (χ2v) is 5.11. The lowest BCUT2D eigenvalue weighted by molar-refractivity contribution is 0.399. The third kappa shape index (κ3) is 3.05. The highest BCUT2D eigenvalue weighted by Gasteiger charge is 2.20. The van der Waals surface area contributed by atoms with E-state index in [0.717, 1.165) is 17.9 Å². The van der Waals surface area contributed by atoms with E-state index >= 15 is 0 Å². The first kappa shape index (κ1) is 12.5. The number of aryl methyl sites for hydroxylation is 1. The summed E-state index contributed by atoms with van der Waals surface area (Å²) in [4.78, 5) is 0. The Bertz CT molecular complexity index is 372. The average molecular weight is 236 g/mol. The van der Waals surface area contributed by atoms with E-state index in [4.69, 9.17) is 5.84 Å². The summed E-state index contributed by atoms with van der Waals surface area (Å²) in [6, 6.07) is 5.41. The zero-order valence-electron chi connectivity index (χ0n) is 10.4. The van der Waals surface area contributed by atoms with E-state index in [-0.39, 0.29) is 11.9 Å². The van der Waals surface area contributed by atoms with Crippen molar-refractivity contribution in [3.05, 3.63) is 35.1 Å². The van der Waals surface area contributed by atoms with E-state index in [9.17, 15) is 4.39 Å². The van der Waals surface area contributed by atoms with Crippen molar-refractivity contribution in [3.8, 4) is 0 Å². The third-order valence-corrected chi connectivity index (χ3v) is 3.83. The van der Waals surface area contributed by atoms with Crippen molar-refractivity contribution in [2.45, 2.75) is 45.1 Å². The van der Waals surface area contributed by atoms with Crippen LogP contribution in [0.5, 0.6) is 0 Å². The van der Waals surface area contributed by atoms with Crippen LogP contribution in [0.4, 0.5) is 4.39 Å². The maximum atomic E-state index is 13.2. The minimum Gasteiger partial charge on any atom is -0.271 e. The SMILES string of the molecule is Cc1cc(C(CC2CCCC2)NN)ccc1F. The molecule has 1 aliphatic rings. The van der Waals surface area contributed by atoms with Gasteiger partial charge in [-0.05, 0) is 36.5 Å². The molecule has 0 saturated heterocycles. The molecule has 1 saturated carbocycles. The Morgan fingerprint density at radius 1 is 1.41 bits per heavy atom. The van der Waals surface area contributed by atoms with Crippen LogP contribution >= 0.6 is 0 Å². The lowest BCUT2D eigenvalue weighted by atomic mass is 9.93. The molecule has 3 heteroatoms. The van der Waals surface area contributed by atoms with Gasteiger partial charge >= 0.3 is 0 Å². The molecule has 2 nitrogen and oxygen atoms in total. The molecule has 94 valence electrons. The number of nitrogens with two attached hydrogens (primary N) is 1. The predicted octanol–water partition coefficient (Wildman–Crippen LogP) is 3.22. The summed E-state index contributed by atoms with van der Waals surface area (Å²) in [6.45, 7) is 1.79. The van der Waals surface area contributed by atoms with Gasteiger partial charge in [0.25, 0.3) is 0 Å². The lowest BCUT2D eigenvalue weighted by Crippen LogP contribution is -2.29. The Kier molecular flexibility index (Phi) is 4.13. The van der Waals surface area contributed by atoms with Crippen molar-refractivity contribution < 1.29 is 4.39 Å². The number of hydrogen-bond donors (Lipinski definition) is 2. The molecule has 0 spiro atoms. The topological polar surface area (TPSA) is 38.0 Å². The summed E-state index contributed by atoms with van der Waals surface area (Å²) in [5, 5.41) is 0. The van der Waals surface area contributed by atoms with E-state index in [1.165, 1.54) is 31.7 Å². The van der Waals surface area contributed by atoms with Crippen molar-refractivity contribution in [3.63, 3.8) is 0 Å². The normalized spacial score (nSPS) is 18.5. The Balaban J connectivity index is 2.08. The monoisotopic (exact) mass is 236 g/mol. The standard InChI is InChI=1S/C14H21FN2/c1-10-8-12(6-7-13(10)15)14(17-16)9-11-4-2-3-5-11/h6-8,11,14,17H,2-5,9,16H2,1H3. The van der Waals surface area contributed by atoms with Gasteiger partial charge in [-0.2, -0.15) is 0 Å². The molecule has 0 radical (unpaired) electrons. The fraction of sp³-hybridized carbons (Fsp3) is 0.571. The summed E-state index contributed by atoms with van der Waals surface area (Å²) < 4.78 is 13.2. The smallest absolute Gasteiger partial charge is 0.126 e. The Hall–Kier alpha value is -0.930. The van der Waals surface area contributed by atoms with Crippen LogP contribution in [0.2, 0.25) is 0 Å². The van der Waals surface area contributed by atoms with Gasteiger partial charge in [-0.25, -0.2) is 4.39 Å². The fourth-order valence-electron chi connectivity index (χ4n) is 2.76. The maximum absolute atomic E-state index is 13.2. The van der Waals surface area contributed by atoms with Crippen molar-refractivity contribution in [2.24, 2.45) is 11.8 Å². The van der Waals surface area contributed by atoms with Crippen LogP contribution in [0.15, 0.2) is 18.2 Å². The van der Waals surface area contributed by atoms with Crippen LogP contribution in [0.3, 0.4) is 0 Å². The molecule has 0 aliphatic heterocycles. The van der Waals surface area contributed by atoms with Crippen LogP contribution in [-0.2, 0) is 0 Å². The van der Waals surface area contributed by atoms with Crippen LogP contribution in [0.25, 0.3) is 0 Å². The van der Waals surface area contributed by atoms with E-state index < -0.39 is 0 Å². The molecule has 0 heterocycles. The maximum Gasteiger partial charge on any atom is 0.126 e. The van der Waals surface area contributed by atoms with Crippen molar-refractivity contribution in [1.82, 2.24) is 5.43 Å². The first-order valence-electron chi connectivity index (χ1n) is 6.43. The molecular formula is C14H21FN2. The number of benzene rings is 1. The molecule has 1 fully saturated rings. The molecule has 1 aromatic rings. The van der Waals surface area contributed by atoms with Gasteiger partial charge in [0, 0.05) is 6.04 Å². The van der Waals surface area contributed by atoms with Crippen molar-refractivity contribution >= 4 is 0 Å². The first-order chi connectivity index (χ1) is 8.20. The first-order valence-corrected chi connectivity index (χ1v) is 6.43. The average Bonchev–Trinajstić information content (AvgIpc) is 2.82. The zero-order valence-corrected chi connectivity index (χ0v) is 10.4. The van der Waals surface area contributed by atoms with Gasteiger partial charge in [0.05, 0.1) is 0 Å². The number of halogens is 1. The van der Waals surface area contributed by atoms with Crippen molar-refractivity contribution in [2.75, 3.05) is 0 Å². The lowest BCUT2D eigenvalue weighted by Gasteiger charge is -2.20. The quantitative estimate of drug-likeness (QED) is 0.622. The van der Waals surface area contributed by atoms with Crippen LogP contribution < -0.4 is 11.3 Å². The molecule has 17 heavy (non-hydrogen) atoms. The second-order valence-electron chi connectivity index (χ2n) is 5.11. The highest BCUT2D eigenvalue weighted by atomic mass is 19.1. The molecule has 1 unspecified atom stereocenters. The highest BCUT2D eigenvalue weighted by Crippen LogP contribution is 2.33. The number of nitrogens with one attached hydrogen (secondary N) is 1. The summed E-state index contributed by atoms with van der Waals surface area (Å²) in [5.41, 5.74) is 4.65. The molecule has 1 aliphatic carbocycles. The fourth-order valence-corrected chi connectivity index (χ4v) is 2.76. The third-order valence-electron chi connectivity index (χ3n) is 3.83. The van der Waals surface area contributed by atoms with Gasteiger partial charge in [0.15, 0.2) is 0 Å². The van der Waals surface area contributed by atoms with E-state index in [0.29, 0.717) is 5.56 Å². The summed E-state index contributed by atoms with van der Waals surface area (Å²) in [7, 11) is 0. The van der Waals surface area contributed by atoms with Gasteiger partial charge in [-0.3, -0.25) is 11.3 Å². The molecule has 1 atom stereocenters. The van der Waals surface area contributed by atoms with Crippen LogP contribution in [0, 0.1) is 18.7 Å². The number of hydrogen-bond acceptors (Lipinski definition) is 2. The van der Waals surface area contributed by atoms with Crippen LogP contribution in [-0.4, -0.2) is 0 Å². The van der Waals surface area contributed by atoms with Gasteiger partial charge in [0.1, 0.15) is 5.82 Å². The predicted molar refractivity (Wildman–Crippen MR) is 67.8 cm³/mol. The summed E-state index contributed by atoms with van der Waals surface area (Å²) >= 11 is 0. The Labute approximate surface area is 102 Å². The minimum absolute atomic E-state index is 0.148. The van der Waals surface area contributed by atoms with Crippen molar-refractivity contribution in [1.29, 1.82) is 0 Å². The van der Waals surface area contributed by atoms with E-state index in [2.05, 4.69) is 5.43 Å². The summed E-state index contributed by atoms with van der Waals surface area (Å²) in [5.74, 6) is 6.24. The zero-order chi connectivity index (χ0) is 12.3. The Morgan fingerprint density at radius 3 is 2.71 bits per heavy atom. The molecule has 2 rings (SSSR count). The molecule has 0 bridgehead atoms. The van der Waals surface area contributed by atoms with E-state index in [1.807, 2.05) is 12.1 Å². The summed E-state index contributed by atoms with van der Waals surface area (Å²) in [6.07, 6.45) is 6.34. The van der Waals surface area contributed by atoms with Gasteiger partial charge in [-0.1, -0.05) is 37.8 Å². The van der Waals surface area contributed by atoms with Crippen LogP contribution in [0.1, 0.15) is 49.3 Å². The van der Waals surface area contributed by atoms with Gasteiger partial charge < -0.3 is 0 Å². The number of hydrazine groups is 1. The highest BCUT2D eigenvalue weighted by molar-refractivity contribution is 5.26. The van der Waals surface area contributed by atoms with Gasteiger partial charge in [0.2, 0.25) is 0 Å². The molecule has 0 aromatic heterocycles. The molecular weight excluding hydrogens is 215 g/mol. The van der Waals surface area contributed by atoms with Gasteiger partial charge in [-0.15, -0.1) is 0 Å². The largest absolute Gasteiger partial charge is 0.271 e. The van der Waals surface area contributed by atoms with E-state index in [1.54, 1.807) is 6.92 Å². The minimum atomic E-state index is -0.148. The second kappa shape index (κ2) is 5.61. The molecule has 3 N–H and O–H groups in total. The molecule has 1 aromatic carbocycles. The molecule has 0 amide bonds.